The van der Waals surface area contributed by atoms with E-state index in [4.69, 9.17) is 14.2 Å². The van der Waals surface area contributed by atoms with Crippen LogP contribution in [0.3, 0.4) is 0 Å². The van der Waals surface area contributed by atoms with Gasteiger partial charge in [0.15, 0.2) is 17.2 Å². The fourth-order valence-electron chi connectivity index (χ4n) is 2.79. The lowest BCUT2D eigenvalue weighted by molar-refractivity contribution is -0.385. The molecule has 0 fully saturated rings. The Morgan fingerprint density at radius 2 is 2.00 bits per heavy atom. The lowest BCUT2D eigenvalue weighted by atomic mass is 10.1. The molecule has 1 aliphatic heterocycles. The summed E-state index contributed by atoms with van der Waals surface area (Å²) in [5.74, 6) is 0.681. The lowest BCUT2D eigenvalue weighted by Gasteiger charge is -2.10. The van der Waals surface area contributed by atoms with Gasteiger partial charge in [0.25, 0.3) is 5.69 Å². The van der Waals surface area contributed by atoms with Gasteiger partial charge in [-0.1, -0.05) is 13.0 Å². The van der Waals surface area contributed by atoms with Gasteiger partial charge in [-0.25, -0.2) is 9.79 Å². The number of hydrogen-bond acceptors (Lipinski definition) is 7. The second kappa shape index (κ2) is 8.55. The SMILES string of the molecule is CCCOc1ccc(/C=C2\N=C(c3ccc([N+](=O)[O-])c(C)c3)OC2=O)cc1OC. The minimum atomic E-state index is -0.596. The zero-order chi connectivity index (χ0) is 21.0. The van der Waals surface area contributed by atoms with Gasteiger partial charge in [-0.2, -0.15) is 0 Å². The standard InChI is InChI=1S/C21H20N2O6/c1-4-9-28-18-8-5-14(12-19(18)27-3)11-16-21(24)29-20(22-16)15-6-7-17(23(25)26)13(2)10-15/h5-8,10-12H,4,9H2,1-3H3/b16-11-. The van der Waals surface area contributed by atoms with Gasteiger partial charge >= 0.3 is 5.97 Å². The van der Waals surface area contributed by atoms with Gasteiger partial charge in [-0.3, -0.25) is 10.1 Å². The Kier molecular flexibility index (Phi) is 5.92. The van der Waals surface area contributed by atoms with Crippen LogP contribution >= 0.6 is 0 Å². The van der Waals surface area contributed by atoms with E-state index in [9.17, 15) is 14.9 Å². The average Bonchev–Trinajstić information content (AvgIpc) is 3.06. The number of carbonyl (C=O) groups is 1. The number of hydrogen-bond donors (Lipinski definition) is 0. The molecule has 1 heterocycles. The highest BCUT2D eigenvalue weighted by Crippen LogP contribution is 2.30. The Morgan fingerprint density at radius 3 is 2.66 bits per heavy atom. The quantitative estimate of drug-likeness (QED) is 0.303. The molecule has 3 rings (SSSR count). The fraction of sp³-hybridized carbons (Fsp3) is 0.238. The molecule has 150 valence electrons. The van der Waals surface area contributed by atoms with Crippen molar-refractivity contribution < 1.29 is 23.9 Å². The number of aryl methyl sites for hydroxylation is 1. The van der Waals surface area contributed by atoms with Gasteiger partial charge in [0, 0.05) is 17.2 Å². The largest absolute Gasteiger partial charge is 0.493 e. The molecular formula is C21H20N2O6. The smallest absolute Gasteiger partial charge is 0.363 e. The summed E-state index contributed by atoms with van der Waals surface area (Å²) in [6.07, 6.45) is 2.46. The van der Waals surface area contributed by atoms with Crippen LogP contribution in [0.25, 0.3) is 6.08 Å². The predicted molar refractivity (Wildman–Crippen MR) is 107 cm³/mol. The molecule has 0 atom stereocenters. The second-order valence-corrected chi connectivity index (χ2v) is 6.35. The fourth-order valence-corrected chi connectivity index (χ4v) is 2.79. The van der Waals surface area contributed by atoms with Crippen LogP contribution in [0, 0.1) is 17.0 Å². The van der Waals surface area contributed by atoms with Gasteiger partial charge in [0.2, 0.25) is 5.90 Å². The zero-order valence-electron chi connectivity index (χ0n) is 16.3. The van der Waals surface area contributed by atoms with Crippen LogP contribution in [0.15, 0.2) is 47.1 Å². The van der Waals surface area contributed by atoms with E-state index in [-0.39, 0.29) is 17.3 Å². The first kappa shape index (κ1) is 20.1. The summed E-state index contributed by atoms with van der Waals surface area (Å²) in [7, 11) is 1.54. The van der Waals surface area contributed by atoms with E-state index in [0.717, 1.165) is 6.42 Å². The number of carbonyl (C=O) groups excluding carboxylic acids is 1. The number of nitro benzene ring substituents is 1. The second-order valence-electron chi connectivity index (χ2n) is 6.35. The van der Waals surface area contributed by atoms with Crippen LogP contribution in [-0.2, 0) is 9.53 Å². The number of methoxy groups -OCH3 is 1. The van der Waals surface area contributed by atoms with Crippen molar-refractivity contribution in [3.8, 4) is 11.5 Å². The molecular weight excluding hydrogens is 376 g/mol. The summed E-state index contributed by atoms with van der Waals surface area (Å²) < 4.78 is 16.2. The van der Waals surface area contributed by atoms with Crippen LogP contribution in [0.1, 0.15) is 30.0 Å². The number of benzene rings is 2. The molecule has 0 amide bonds. The summed E-state index contributed by atoms with van der Waals surface area (Å²) >= 11 is 0. The van der Waals surface area contributed by atoms with Crippen molar-refractivity contribution >= 4 is 23.6 Å². The van der Waals surface area contributed by atoms with Gasteiger partial charge in [0.05, 0.1) is 18.6 Å². The maximum atomic E-state index is 12.2. The van der Waals surface area contributed by atoms with Crippen LogP contribution in [0.4, 0.5) is 5.69 Å². The molecule has 29 heavy (non-hydrogen) atoms. The molecule has 2 aromatic rings. The van der Waals surface area contributed by atoms with E-state index in [1.165, 1.54) is 12.1 Å². The van der Waals surface area contributed by atoms with Gasteiger partial charge < -0.3 is 14.2 Å². The highest BCUT2D eigenvalue weighted by atomic mass is 16.6. The first-order valence-electron chi connectivity index (χ1n) is 9.01. The predicted octanol–water partition coefficient (Wildman–Crippen LogP) is 4.05. The highest BCUT2D eigenvalue weighted by Gasteiger charge is 2.25. The molecule has 2 aromatic carbocycles. The maximum Gasteiger partial charge on any atom is 0.363 e. The Balaban J connectivity index is 1.89. The Hall–Kier alpha value is -3.68. The van der Waals surface area contributed by atoms with Crippen molar-refractivity contribution in [1.29, 1.82) is 0 Å². The van der Waals surface area contributed by atoms with E-state index in [1.54, 1.807) is 44.4 Å². The van der Waals surface area contributed by atoms with Crippen molar-refractivity contribution in [3.05, 3.63) is 68.9 Å². The maximum absolute atomic E-state index is 12.2. The highest BCUT2D eigenvalue weighted by molar-refractivity contribution is 6.13. The van der Waals surface area contributed by atoms with E-state index in [0.29, 0.717) is 34.8 Å². The van der Waals surface area contributed by atoms with Crippen LogP contribution in [0.2, 0.25) is 0 Å². The molecule has 0 saturated carbocycles. The molecule has 1 aliphatic rings. The summed E-state index contributed by atoms with van der Waals surface area (Å²) in [5, 5.41) is 11.0. The summed E-state index contributed by atoms with van der Waals surface area (Å²) in [6.45, 7) is 4.20. The molecule has 0 bridgehead atoms. The van der Waals surface area contributed by atoms with Crippen LogP contribution < -0.4 is 9.47 Å². The first-order chi connectivity index (χ1) is 13.9. The van der Waals surface area contributed by atoms with Gasteiger partial charge in [-0.15, -0.1) is 0 Å². The number of aliphatic imine (C=N–C) groups is 1. The molecule has 0 unspecified atom stereocenters. The van der Waals surface area contributed by atoms with E-state index in [1.807, 2.05) is 6.92 Å². The van der Waals surface area contributed by atoms with Crippen molar-refractivity contribution in [2.75, 3.05) is 13.7 Å². The number of nitrogens with zero attached hydrogens (tertiary/aromatic N) is 2. The van der Waals surface area contributed by atoms with E-state index < -0.39 is 10.9 Å². The molecule has 0 aromatic heterocycles. The number of ether oxygens (including phenoxy) is 3. The zero-order valence-corrected chi connectivity index (χ0v) is 16.3. The molecule has 0 radical (unpaired) electrons. The summed E-state index contributed by atoms with van der Waals surface area (Å²) in [6, 6.07) is 9.74. The molecule has 0 saturated heterocycles. The van der Waals surface area contributed by atoms with Gasteiger partial charge in [0.1, 0.15) is 0 Å². The summed E-state index contributed by atoms with van der Waals surface area (Å²) in [4.78, 5) is 27.0. The summed E-state index contributed by atoms with van der Waals surface area (Å²) in [5.41, 5.74) is 1.76. The molecule has 8 heteroatoms. The average molecular weight is 396 g/mol. The Morgan fingerprint density at radius 1 is 1.21 bits per heavy atom. The topological polar surface area (TPSA) is 100 Å². The molecule has 8 nitrogen and oxygen atoms in total. The number of rotatable bonds is 7. The number of cyclic esters (lactones) is 1. The minimum absolute atomic E-state index is 0.00749. The Bertz CT molecular complexity index is 1030. The third-order valence-electron chi connectivity index (χ3n) is 4.21. The Labute approximate surface area is 167 Å². The molecule has 0 spiro atoms. The third-order valence-corrected chi connectivity index (χ3v) is 4.21. The normalized spacial score (nSPS) is 14.5. The third kappa shape index (κ3) is 4.43. The minimum Gasteiger partial charge on any atom is -0.493 e. The molecule has 0 N–H and O–H groups in total. The first-order valence-corrected chi connectivity index (χ1v) is 9.01. The van der Waals surface area contributed by atoms with E-state index >= 15 is 0 Å². The van der Waals surface area contributed by atoms with E-state index in [2.05, 4.69) is 4.99 Å². The lowest BCUT2D eigenvalue weighted by Crippen LogP contribution is -2.06. The van der Waals surface area contributed by atoms with Crippen molar-refractivity contribution in [1.82, 2.24) is 0 Å². The monoisotopic (exact) mass is 396 g/mol. The van der Waals surface area contributed by atoms with Crippen LogP contribution in [-0.4, -0.2) is 30.5 Å². The van der Waals surface area contributed by atoms with Crippen LogP contribution in [0.5, 0.6) is 11.5 Å². The van der Waals surface area contributed by atoms with Crippen molar-refractivity contribution in [2.45, 2.75) is 20.3 Å². The van der Waals surface area contributed by atoms with Crippen molar-refractivity contribution in [2.24, 2.45) is 4.99 Å². The number of esters is 1. The van der Waals surface area contributed by atoms with Crippen molar-refractivity contribution in [3.63, 3.8) is 0 Å². The number of nitro groups is 1. The van der Waals surface area contributed by atoms with Gasteiger partial charge in [-0.05, 0) is 49.2 Å². The molecule has 0 aliphatic carbocycles.